The van der Waals surface area contributed by atoms with Gasteiger partial charge in [-0.25, -0.2) is 0 Å². The second-order valence-corrected chi connectivity index (χ2v) is 5.63. The van der Waals surface area contributed by atoms with Crippen molar-refractivity contribution in [3.63, 3.8) is 0 Å². The van der Waals surface area contributed by atoms with Crippen LogP contribution < -0.4 is 10.6 Å². The Morgan fingerprint density at radius 1 is 1.43 bits per heavy atom. The van der Waals surface area contributed by atoms with Crippen LogP contribution >= 0.6 is 12.2 Å². The lowest BCUT2D eigenvalue weighted by Gasteiger charge is -2.28. The van der Waals surface area contributed by atoms with Crippen LogP contribution in [0.2, 0.25) is 0 Å². The molecule has 1 aliphatic rings. The Morgan fingerprint density at radius 3 is 2.43 bits per heavy atom. The summed E-state index contributed by atoms with van der Waals surface area (Å²) < 4.78 is 0. The highest BCUT2D eigenvalue weighted by Gasteiger charge is 2.37. The second-order valence-electron chi connectivity index (χ2n) is 5.22. The van der Waals surface area contributed by atoms with Gasteiger partial charge in [-0.1, -0.05) is 13.8 Å². The van der Waals surface area contributed by atoms with E-state index in [9.17, 15) is 0 Å². The standard InChI is InChI=1S/C11H22N2S/c1-8(2)7-12-10(14)13-11(3,4)9-5-6-9/h8-9H,5-7H2,1-4H3,(H2,12,13,14). The lowest BCUT2D eigenvalue weighted by Crippen LogP contribution is -2.50. The number of nitrogens with one attached hydrogen (secondary N) is 2. The van der Waals surface area contributed by atoms with Crippen LogP contribution in [0.25, 0.3) is 0 Å². The van der Waals surface area contributed by atoms with Crippen LogP contribution in [0.4, 0.5) is 0 Å². The maximum Gasteiger partial charge on any atom is 0.166 e. The maximum atomic E-state index is 5.25. The van der Waals surface area contributed by atoms with Crippen molar-refractivity contribution in [2.45, 2.75) is 46.1 Å². The highest BCUT2D eigenvalue weighted by molar-refractivity contribution is 7.80. The first-order chi connectivity index (χ1) is 6.42. The molecule has 0 aromatic rings. The Morgan fingerprint density at radius 2 is 2.00 bits per heavy atom. The predicted molar refractivity (Wildman–Crippen MR) is 65.4 cm³/mol. The first-order valence-electron chi connectivity index (χ1n) is 5.48. The summed E-state index contributed by atoms with van der Waals surface area (Å²) in [6, 6.07) is 0. The molecule has 2 N–H and O–H groups in total. The summed E-state index contributed by atoms with van der Waals surface area (Å²) in [4.78, 5) is 0. The highest BCUT2D eigenvalue weighted by atomic mass is 32.1. The summed E-state index contributed by atoms with van der Waals surface area (Å²) in [6.07, 6.45) is 2.68. The number of hydrogen-bond donors (Lipinski definition) is 2. The molecule has 0 bridgehead atoms. The SMILES string of the molecule is CC(C)CNC(=S)NC(C)(C)C1CC1. The molecule has 1 aliphatic carbocycles. The first-order valence-corrected chi connectivity index (χ1v) is 5.88. The fourth-order valence-corrected chi connectivity index (χ4v) is 1.89. The summed E-state index contributed by atoms with van der Waals surface area (Å²) in [7, 11) is 0. The van der Waals surface area contributed by atoms with Crippen molar-refractivity contribution < 1.29 is 0 Å². The Hall–Kier alpha value is -0.310. The molecule has 82 valence electrons. The minimum atomic E-state index is 0.168. The molecule has 1 rings (SSSR count). The van der Waals surface area contributed by atoms with Gasteiger partial charge in [0, 0.05) is 12.1 Å². The molecule has 0 saturated heterocycles. The first kappa shape index (κ1) is 11.8. The molecule has 3 heteroatoms. The molecule has 2 nitrogen and oxygen atoms in total. The molecule has 1 saturated carbocycles. The molecule has 0 aliphatic heterocycles. The lowest BCUT2D eigenvalue weighted by molar-refractivity contribution is 0.398. The quantitative estimate of drug-likeness (QED) is 0.702. The molecular weight excluding hydrogens is 192 g/mol. The molecular formula is C11H22N2S. The van der Waals surface area contributed by atoms with Crippen molar-refractivity contribution in [1.82, 2.24) is 10.6 Å². The summed E-state index contributed by atoms with van der Waals surface area (Å²) in [6.45, 7) is 9.78. The van der Waals surface area contributed by atoms with E-state index in [2.05, 4.69) is 38.3 Å². The Bertz CT molecular complexity index is 207. The van der Waals surface area contributed by atoms with E-state index in [0.29, 0.717) is 5.92 Å². The molecule has 0 heterocycles. The van der Waals surface area contributed by atoms with Crippen molar-refractivity contribution in [2.24, 2.45) is 11.8 Å². The smallest absolute Gasteiger partial charge is 0.166 e. The van der Waals surface area contributed by atoms with E-state index >= 15 is 0 Å². The van der Waals surface area contributed by atoms with Gasteiger partial charge in [-0.05, 0) is 50.7 Å². The van der Waals surface area contributed by atoms with Gasteiger partial charge in [0.25, 0.3) is 0 Å². The van der Waals surface area contributed by atoms with Crippen molar-refractivity contribution >= 4 is 17.3 Å². The summed E-state index contributed by atoms with van der Waals surface area (Å²) in [5.74, 6) is 1.44. The molecule has 0 aromatic carbocycles. The van der Waals surface area contributed by atoms with Gasteiger partial charge < -0.3 is 10.6 Å². The van der Waals surface area contributed by atoms with Crippen LogP contribution in [0, 0.1) is 11.8 Å². The molecule has 14 heavy (non-hydrogen) atoms. The van der Waals surface area contributed by atoms with Crippen molar-refractivity contribution in [2.75, 3.05) is 6.54 Å². The topological polar surface area (TPSA) is 24.1 Å². The van der Waals surface area contributed by atoms with E-state index in [-0.39, 0.29) is 5.54 Å². The van der Waals surface area contributed by atoms with Crippen molar-refractivity contribution in [3.05, 3.63) is 0 Å². The minimum Gasteiger partial charge on any atom is -0.362 e. The third-order valence-electron chi connectivity index (χ3n) is 2.70. The molecule has 1 fully saturated rings. The van der Waals surface area contributed by atoms with Crippen LogP contribution in [0.1, 0.15) is 40.5 Å². The van der Waals surface area contributed by atoms with Crippen LogP contribution in [0.15, 0.2) is 0 Å². The Balaban J connectivity index is 2.25. The number of hydrogen-bond acceptors (Lipinski definition) is 1. The fraction of sp³-hybridized carbons (Fsp3) is 0.909. The zero-order valence-electron chi connectivity index (χ0n) is 9.68. The normalized spacial score (nSPS) is 16.9. The molecule has 0 radical (unpaired) electrons. The van der Waals surface area contributed by atoms with E-state index in [1.54, 1.807) is 0 Å². The Labute approximate surface area is 92.8 Å². The molecule has 0 spiro atoms. The maximum absolute atomic E-state index is 5.25. The van der Waals surface area contributed by atoms with Crippen molar-refractivity contribution in [3.8, 4) is 0 Å². The largest absolute Gasteiger partial charge is 0.362 e. The van der Waals surface area contributed by atoms with E-state index in [0.717, 1.165) is 17.6 Å². The van der Waals surface area contributed by atoms with Crippen molar-refractivity contribution in [1.29, 1.82) is 0 Å². The van der Waals surface area contributed by atoms with Gasteiger partial charge in [-0.2, -0.15) is 0 Å². The van der Waals surface area contributed by atoms with Crippen LogP contribution in [0.3, 0.4) is 0 Å². The third-order valence-corrected chi connectivity index (χ3v) is 2.95. The fourth-order valence-electron chi connectivity index (χ4n) is 1.54. The van der Waals surface area contributed by atoms with E-state index in [4.69, 9.17) is 12.2 Å². The zero-order valence-corrected chi connectivity index (χ0v) is 10.5. The Kier molecular flexibility index (Phi) is 3.76. The summed E-state index contributed by atoms with van der Waals surface area (Å²) >= 11 is 5.25. The second kappa shape index (κ2) is 4.47. The summed E-state index contributed by atoms with van der Waals surface area (Å²) in [5, 5.41) is 7.44. The van der Waals surface area contributed by atoms with Crippen LogP contribution in [-0.4, -0.2) is 17.2 Å². The van der Waals surface area contributed by atoms with Crippen LogP contribution in [-0.2, 0) is 0 Å². The average molecular weight is 214 g/mol. The molecule has 0 atom stereocenters. The van der Waals surface area contributed by atoms with E-state index in [1.807, 2.05) is 0 Å². The number of thiocarbonyl (C=S) groups is 1. The predicted octanol–water partition coefficient (Wildman–Crippen LogP) is 2.30. The molecule has 0 unspecified atom stereocenters. The van der Waals surface area contributed by atoms with Gasteiger partial charge in [0.2, 0.25) is 0 Å². The summed E-state index contributed by atoms with van der Waals surface area (Å²) in [5.41, 5.74) is 0.168. The van der Waals surface area contributed by atoms with Gasteiger partial charge >= 0.3 is 0 Å². The van der Waals surface area contributed by atoms with Gasteiger partial charge in [-0.15, -0.1) is 0 Å². The van der Waals surface area contributed by atoms with Crippen LogP contribution in [0.5, 0.6) is 0 Å². The van der Waals surface area contributed by atoms with E-state index < -0.39 is 0 Å². The monoisotopic (exact) mass is 214 g/mol. The van der Waals surface area contributed by atoms with Gasteiger partial charge in [0.05, 0.1) is 0 Å². The van der Waals surface area contributed by atoms with Gasteiger partial charge in [0.1, 0.15) is 0 Å². The molecule has 0 aromatic heterocycles. The minimum absolute atomic E-state index is 0.168. The third kappa shape index (κ3) is 3.82. The number of rotatable bonds is 4. The van der Waals surface area contributed by atoms with Gasteiger partial charge in [-0.3, -0.25) is 0 Å². The lowest BCUT2D eigenvalue weighted by atomic mass is 9.99. The molecule has 0 amide bonds. The zero-order chi connectivity index (χ0) is 10.8. The average Bonchev–Trinajstić information content (AvgIpc) is 2.81. The van der Waals surface area contributed by atoms with E-state index in [1.165, 1.54) is 12.8 Å². The highest BCUT2D eigenvalue weighted by Crippen LogP contribution is 2.39. The van der Waals surface area contributed by atoms with Gasteiger partial charge in [0.15, 0.2) is 5.11 Å².